The smallest absolute Gasteiger partial charge is 0.449 e. The zero-order valence-corrected chi connectivity index (χ0v) is 9.95. The number of hydrogen-bond acceptors (Lipinski definition) is 4. The molecule has 0 spiro atoms. The van der Waals surface area contributed by atoms with Gasteiger partial charge in [0.2, 0.25) is 5.76 Å². The fraction of sp³-hybridized carbons (Fsp3) is 0.167. The number of carboxylic acid groups (broad SMARTS) is 1. The van der Waals surface area contributed by atoms with Gasteiger partial charge in [-0.15, -0.1) is 0 Å². The number of alkyl halides is 3. The summed E-state index contributed by atoms with van der Waals surface area (Å²) in [6, 6.07) is 2.39. The second kappa shape index (κ2) is 4.55. The van der Waals surface area contributed by atoms with Crippen LogP contribution in [0, 0.1) is 0 Å². The van der Waals surface area contributed by atoms with Crippen LogP contribution in [0.3, 0.4) is 0 Å². The van der Waals surface area contributed by atoms with E-state index in [1.165, 1.54) is 7.11 Å². The quantitative estimate of drug-likeness (QED) is 0.918. The molecule has 1 aromatic carbocycles. The minimum Gasteiger partial charge on any atom is -0.496 e. The van der Waals surface area contributed by atoms with Gasteiger partial charge in [-0.25, -0.2) is 4.79 Å². The molecule has 0 saturated heterocycles. The summed E-state index contributed by atoms with van der Waals surface area (Å²) in [5.74, 6) is -3.13. The molecule has 0 aliphatic carbocycles. The Kier molecular flexibility index (Phi) is 3.16. The predicted molar refractivity (Wildman–Crippen MR) is 61.0 cm³/mol. The molecular weight excluding hydrogens is 281 g/mol. The van der Waals surface area contributed by atoms with Gasteiger partial charge in [-0.3, -0.25) is 4.79 Å². The number of carboxylic acids is 1. The summed E-state index contributed by atoms with van der Waals surface area (Å²) in [5.41, 5.74) is -2.11. The normalized spacial score (nSPS) is 11.6. The third-order valence-electron chi connectivity index (χ3n) is 2.57. The van der Waals surface area contributed by atoms with Crippen molar-refractivity contribution >= 4 is 16.9 Å². The Morgan fingerprint density at radius 3 is 2.50 bits per heavy atom. The molecule has 1 N–H and O–H groups in total. The van der Waals surface area contributed by atoms with Gasteiger partial charge in [-0.05, 0) is 12.1 Å². The maximum atomic E-state index is 12.5. The topological polar surface area (TPSA) is 76.7 Å². The van der Waals surface area contributed by atoms with Gasteiger partial charge in [0.25, 0.3) is 0 Å². The largest absolute Gasteiger partial charge is 0.496 e. The second-order valence-electron chi connectivity index (χ2n) is 3.79. The van der Waals surface area contributed by atoms with Crippen LogP contribution in [-0.4, -0.2) is 18.2 Å². The Hall–Kier alpha value is -2.51. The van der Waals surface area contributed by atoms with Gasteiger partial charge >= 0.3 is 12.1 Å². The van der Waals surface area contributed by atoms with Crippen molar-refractivity contribution < 1.29 is 32.2 Å². The summed E-state index contributed by atoms with van der Waals surface area (Å²) < 4.78 is 46.9. The lowest BCUT2D eigenvalue weighted by molar-refractivity contribution is -0.152. The third kappa shape index (κ3) is 2.20. The van der Waals surface area contributed by atoms with E-state index in [9.17, 15) is 22.8 Å². The number of benzene rings is 1. The molecule has 0 radical (unpaired) electrons. The number of aromatic carboxylic acids is 1. The fourth-order valence-corrected chi connectivity index (χ4v) is 1.76. The van der Waals surface area contributed by atoms with Gasteiger partial charge in [0, 0.05) is 6.07 Å². The van der Waals surface area contributed by atoms with E-state index in [1.807, 2.05) is 0 Å². The SMILES string of the molecule is COc1ccc2oc(C(F)(F)F)cc(=O)c2c1C(=O)O. The average Bonchev–Trinajstić information content (AvgIpc) is 2.35. The van der Waals surface area contributed by atoms with Gasteiger partial charge in [-0.1, -0.05) is 0 Å². The molecule has 0 aliphatic rings. The molecule has 5 nitrogen and oxygen atoms in total. The van der Waals surface area contributed by atoms with Crippen molar-refractivity contribution in [1.82, 2.24) is 0 Å². The lowest BCUT2D eigenvalue weighted by atomic mass is 10.1. The zero-order valence-electron chi connectivity index (χ0n) is 9.95. The Morgan fingerprint density at radius 2 is 2.00 bits per heavy atom. The van der Waals surface area contributed by atoms with Crippen LogP contribution in [0.1, 0.15) is 16.1 Å². The van der Waals surface area contributed by atoms with Crippen LogP contribution in [0.5, 0.6) is 5.75 Å². The molecule has 8 heteroatoms. The summed E-state index contributed by atoms with van der Waals surface area (Å²) in [7, 11) is 1.18. The molecule has 2 rings (SSSR count). The van der Waals surface area contributed by atoms with Crippen molar-refractivity contribution in [3.05, 3.63) is 39.7 Å². The lowest BCUT2D eigenvalue weighted by Crippen LogP contribution is -2.14. The monoisotopic (exact) mass is 288 g/mol. The molecule has 0 amide bonds. The van der Waals surface area contributed by atoms with E-state index >= 15 is 0 Å². The van der Waals surface area contributed by atoms with Gasteiger partial charge in [-0.2, -0.15) is 13.2 Å². The summed E-state index contributed by atoms with van der Waals surface area (Å²) in [6.45, 7) is 0. The van der Waals surface area contributed by atoms with Crippen LogP contribution in [-0.2, 0) is 6.18 Å². The molecule has 2 aromatic rings. The maximum absolute atomic E-state index is 12.5. The Balaban J connectivity index is 2.91. The standard InChI is InChI=1S/C12H7F3O5/c1-19-6-2-3-7-9(10(6)11(17)18)5(16)4-8(20-7)12(13,14)15/h2-4H,1H3,(H,17,18). The molecule has 1 heterocycles. The van der Waals surface area contributed by atoms with E-state index < -0.39 is 39.9 Å². The number of fused-ring (bicyclic) bond motifs is 1. The van der Waals surface area contributed by atoms with Crippen molar-refractivity contribution in [3.8, 4) is 5.75 Å². The van der Waals surface area contributed by atoms with E-state index in [1.54, 1.807) is 0 Å². The first-order chi connectivity index (χ1) is 9.25. The van der Waals surface area contributed by atoms with Crippen LogP contribution < -0.4 is 10.2 Å². The summed E-state index contributed by atoms with van der Waals surface area (Å²) >= 11 is 0. The number of ether oxygens (including phenoxy) is 1. The van der Waals surface area contributed by atoms with E-state index in [0.717, 1.165) is 12.1 Å². The first-order valence-corrected chi connectivity index (χ1v) is 5.21. The second-order valence-corrected chi connectivity index (χ2v) is 3.79. The molecule has 106 valence electrons. The number of halogens is 3. The Labute approximate surface area is 109 Å². The molecule has 0 unspecified atom stereocenters. The zero-order chi connectivity index (χ0) is 15.1. The molecular formula is C12H7F3O5. The van der Waals surface area contributed by atoms with Crippen LogP contribution >= 0.6 is 0 Å². The summed E-state index contributed by atoms with van der Waals surface area (Å²) in [5, 5.41) is 8.60. The summed E-state index contributed by atoms with van der Waals surface area (Å²) in [6.07, 6.45) is -4.84. The third-order valence-corrected chi connectivity index (χ3v) is 2.57. The van der Waals surface area contributed by atoms with Gasteiger partial charge in [0.1, 0.15) is 16.9 Å². The highest BCUT2D eigenvalue weighted by Gasteiger charge is 2.35. The van der Waals surface area contributed by atoms with Crippen LogP contribution in [0.4, 0.5) is 13.2 Å². The number of rotatable bonds is 2. The highest BCUT2D eigenvalue weighted by Crippen LogP contribution is 2.32. The van der Waals surface area contributed by atoms with Crippen molar-refractivity contribution in [2.75, 3.05) is 7.11 Å². The van der Waals surface area contributed by atoms with Gasteiger partial charge < -0.3 is 14.3 Å². The van der Waals surface area contributed by atoms with Crippen LogP contribution in [0.15, 0.2) is 27.4 Å². The van der Waals surface area contributed by atoms with Crippen LogP contribution in [0.25, 0.3) is 11.0 Å². The molecule has 0 atom stereocenters. The highest BCUT2D eigenvalue weighted by atomic mass is 19.4. The van der Waals surface area contributed by atoms with Gasteiger partial charge in [0.05, 0.1) is 12.5 Å². The highest BCUT2D eigenvalue weighted by molar-refractivity contribution is 6.04. The minimum absolute atomic E-state index is 0.142. The van der Waals surface area contributed by atoms with Gasteiger partial charge in [0.15, 0.2) is 5.43 Å². The Morgan fingerprint density at radius 1 is 1.35 bits per heavy atom. The maximum Gasteiger partial charge on any atom is 0.449 e. The average molecular weight is 288 g/mol. The molecule has 0 aliphatic heterocycles. The van der Waals surface area contributed by atoms with Crippen molar-refractivity contribution in [2.24, 2.45) is 0 Å². The first kappa shape index (κ1) is 13.9. The molecule has 0 bridgehead atoms. The van der Waals surface area contributed by atoms with E-state index in [-0.39, 0.29) is 11.8 Å². The number of methoxy groups -OCH3 is 1. The predicted octanol–water partition coefficient (Wildman–Crippen LogP) is 2.52. The Bertz CT molecular complexity index is 745. The minimum atomic E-state index is -4.84. The summed E-state index contributed by atoms with van der Waals surface area (Å²) in [4.78, 5) is 22.9. The number of hydrogen-bond donors (Lipinski definition) is 1. The fourth-order valence-electron chi connectivity index (χ4n) is 1.76. The van der Waals surface area contributed by atoms with E-state index in [0.29, 0.717) is 0 Å². The number of carbonyl (C=O) groups is 1. The van der Waals surface area contributed by atoms with E-state index in [4.69, 9.17) is 9.84 Å². The molecule has 20 heavy (non-hydrogen) atoms. The van der Waals surface area contributed by atoms with Crippen molar-refractivity contribution in [2.45, 2.75) is 6.18 Å². The molecule has 0 fully saturated rings. The first-order valence-electron chi connectivity index (χ1n) is 5.21. The molecule has 0 saturated carbocycles. The van der Waals surface area contributed by atoms with Crippen molar-refractivity contribution in [3.63, 3.8) is 0 Å². The van der Waals surface area contributed by atoms with E-state index in [2.05, 4.69) is 4.42 Å². The molecule has 1 aromatic heterocycles. The lowest BCUT2D eigenvalue weighted by Gasteiger charge is -2.10. The van der Waals surface area contributed by atoms with Crippen LogP contribution in [0.2, 0.25) is 0 Å². The van der Waals surface area contributed by atoms with Crippen molar-refractivity contribution in [1.29, 1.82) is 0 Å².